The van der Waals surface area contributed by atoms with Crippen molar-refractivity contribution < 1.29 is 18.0 Å². The van der Waals surface area contributed by atoms with E-state index in [0.29, 0.717) is 6.54 Å². The Kier molecular flexibility index (Phi) is 5.52. The number of alkyl halides is 3. The average Bonchev–Trinajstić information content (AvgIpc) is 2.43. The van der Waals surface area contributed by atoms with Gasteiger partial charge in [-0.25, -0.2) is 4.98 Å². The van der Waals surface area contributed by atoms with Crippen LogP contribution in [0.4, 0.5) is 19.0 Å². The number of hydrogen-bond acceptors (Lipinski definition) is 4. The molecule has 8 heteroatoms. The van der Waals surface area contributed by atoms with Gasteiger partial charge in [0.25, 0.3) is 0 Å². The van der Waals surface area contributed by atoms with Gasteiger partial charge in [0.2, 0.25) is 5.91 Å². The number of nitriles is 1. The van der Waals surface area contributed by atoms with E-state index in [1.165, 1.54) is 6.92 Å². The summed E-state index contributed by atoms with van der Waals surface area (Å²) in [7, 11) is 0. The Hall–Kier alpha value is -2.30. The Labute approximate surface area is 120 Å². The molecule has 0 radical (unpaired) electrons. The monoisotopic (exact) mass is 300 g/mol. The highest BCUT2D eigenvalue weighted by Crippen LogP contribution is 2.29. The molecular weight excluding hydrogens is 285 g/mol. The molecule has 0 aliphatic rings. The zero-order valence-electron chi connectivity index (χ0n) is 11.6. The first-order chi connectivity index (χ1) is 9.79. The number of carbonyl (C=O) groups is 1. The number of hydrogen-bond donors (Lipinski definition) is 2. The molecule has 0 aliphatic carbocycles. The zero-order chi connectivity index (χ0) is 16.0. The van der Waals surface area contributed by atoms with Crippen LogP contribution in [0.25, 0.3) is 0 Å². The normalized spacial score (nSPS) is 12.4. The van der Waals surface area contributed by atoms with Crippen molar-refractivity contribution >= 4 is 11.7 Å². The van der Waals surface area contributed by atoms with Gasteiger partial charge in [-0.05, 0) is 25.5 Å². The number of amides is 1. The Balaban J connectivity index is 2.96. The summed E-state index contributed by atoms with van der Waals surface area (Å²) < 4.78 is 37.8. The minimum Gasteiger partial charge on any atom is -0.358 e. The number of halogens is 3. The van der Waals surface area contributed by atoms with Crippen molar-refractivity contribution in [3.05, 3.63) is 23.4 Å². The van der Waals surface area contributed by atoms with Crippen molar-refractivity contribution in [1.82, 2.24) is 10.3 Å². The Morgan fingerprint density at radius 1 is 1.48 bits per heavy atom. The van der Waals surface area contributed by atoms with E-state index in [1.54, 1.807) is 6.07 Å². The molecule has 1 unspecified atom stereocenters. The quantitative estimate of drug-likeness (QED) is 0.874. The lowest BCUT2D eigenvalue weighted by Gasteiger charge is -2.16. The van der Waals surface area contributed by atoms with Crippen LogP contribution in [0, 0.1) is 11.3 Å². The van der Waals surface area contributed by atoms with E-state index in [9.17, 15) is 18.0 Å². The molecular formula is C13H15F3N4O. The maximum Gasteiger partial charge on any atom is 0.433 e. The molecule has 1 aromatic rings. The Bertz CT molecular complexity index is 551. The maximum atomic E-state index is 12.6. The third kappa shape index (κ3) is 4.63. The minimum absolute atomic E-state index is 0.0573. The second-order valence-electron chi connectivity index (χ2n) is 4.36. The summed E-state index contributed by atoms with van der Waals surface area (Å²) in [5.41, 5.74) is -1.18. The van der Waals surface area contributed by atoms with Crippen molar-refractivity contribution in [3.63, 3.8) is 0 Å². The molecule has 1 amide bonds. The van der Waals surface area contributed by atoms with E-state index in [2.05, 4.69) is 15.6 Å². The van der Waals surface area contributed by atoms with E-state index in [1.807, 2.05) is 6.92 Å². The summed E-state index contributed by atoms with van der Waals surface area (Å²) in [6.07, 6.45) is -3.87. The molecule has 114 valence electrons. The second-order valence-corrected chi connectivity index (χ2v) is 4.36. The van der Waals surface area contributed by atoms with Gasteiger partial charge in [-0.2, -0.15) is 18.4 Å². The highest BCUT2D eigenvalue weighted by atomic mass is 19.4. The molecule has 1 heterocycles. The Morgan fingerprint density at radius 2 is 2.14 bits per heavy atom. The van der Waals surface area contributed by atoms with Crippen molar-refractivity contribution in [2.45, 2.75) is 32.5 Å². The van der Waals surface area contributed by atoms with Gasteiger partial charge >= 0.3 is 6.18 Å². The lowest BCUT2D eigenvalue weighted by Crippen LogP contribution is -2.38. The molecule has 0 aliphatic heterocycles. The fourth-order valence-corrected chi connectivity index (χ4v) is 1.49. The molecule has 5 nitrogen and oxygen atoms in total. The van der Waals surface area contributed by atoms with E-state index >= 15 is 0 Å². The van der Waals surface area contributed by atoms with Gasteiger partial charge in [0.1, 0.15) is 23.6 Å². The number of nitrogens with zero attached hydrogens (tertiary/aromatic N) is 2. The van der Waals surface area contributed by atoms with Crippen LogP contribution >= 0.6 is 0 Å². The summed E-state index contributed by atoms with van der Waals surface area (Å²) in [6.45, 7) is 3.82. The number of rotatable bonds is 5. The zero-order valence-corrected chi connectivity index (χ0v) is 11.6. The molecule has 0 spiro atoms. The van der Waals surface area contributed by atoms with Gasteiger partial charge < -0.3 is 10.6 Å². The van der Waals surface area contributed by atoms with Gasteiger partial charge in [-0.15, -0.1) is 0 Å². The lowest BCUT2D eigenvalue weighted by molar-refractivity contribution is -0.141. The number of aromatic nitrogens is 1. The van der Waals surface area contributed by atoms with Crippen LogP contribution in [0.15, 0.2) is 12.1 Å². The largest absolute Gasteiger partial charge is 0.433 e. The van der Waals surface area contributed by atoms with Crippen LogP contribution in [-0.2, 0) is 11.0 Å². The van der Waals surface area contributed by atoms with Crippen molar-refractivity contribution in [2.24, 2.45) is 0 Å². The predicted octanol–water partition coefficient (Wildman–Crippen LogP) is 2.30. The number of pyridine rings is 1. The first-order valence-corrected chi connectivity index (χ1v) is 6.32. The van der Waals surface area contributed by atoms with Gasteiger partial charge in [0, 0.05) is 6.54 Å². The van der Waals surface area contributed by atoms with Crippen molar-refractivity contribution in [1.29, 1.82) is 5.26 Å². The molecule has 1 aromatic heterocycles. The average molecular weight is 300 g/mol. The van der Waals surface area contributed by atoms with E-state index < -0.39 is 17.9 Å². The topological polar surface area (TPSA) is 77.8 Å². The number of carbonyl (C=O) groups excluding carboxylic acids is 1. The second kappa shape index (κ2) is 6.92. The first-order valence-electron chi connectivity index (χ1n) is 6.32. The smallest absolute Gasteiger partial charge is 0.358 e. The third-order valence-corrected chi connectivity index (χ3v) is 2.60. The highest BCUT2D eigenvalue weighted by molar-refractivity contribution is 5.84. The fraction of sp³-hybridized carbons (Fsp3) is 0.462. The Morgan fingerprint density at radius 3 is 2.67 bits per heavy atom. The van der Waals surface area contributed by atoms with Gasteiger partial charge in [-0.3, -0.25) is 4.79 Å². The first kappa shape index (κ1) is 16.8. The molecule has 0 bridgehead atoms. The molecule has 0 saturated heterocycles. The van der Waals surface area contributed by atoms with E-state index in [0.717, 1.165) is 18.6 Å². The molecule has 0 aromatic carbocycles. The highest BCUT2D eigenvalue weighted by Gasteiger charge is 2.33. The summed E-state index contributed by atoms with van der Waals surface area (Å²) in [6, 6.07) is 2.68. The standard InChI is InChI=1S/C13H15F3N4O/c1-3-6-18-12(21)8(2)19-11-9(7-17)4-5-10(20-11)13(14,15)16/h4-5,8H,3,6H2,1-2H3,(H,18,21)(H,19,20). The maximum absolute atomic E-state index is 12.6. The van der Waals surface area contributed by atoms with Gasteiger partial charge in [-0.1, -0.05) is 6.92 Å². The fourth-order valence-electron chi connectivity index (χ4n) is 1.49. The van der Waals surface area contributed by atoms with Crippen LogP contribution in [0.2, 0.25) is 0 Å². The van der Waals surface area contributed by atoms with Crippen LogP contribution < -0.4 is 10.6 Å². The van der Waals surface area contributed by atoms with E-state index in [4.69, 9.17) is 5.26 Å². The molecule has 2 N–H and O–H groups in total. The molecule has 21 heavy (non-hydrogen) atoms. The van der Waals surface area contributed by atoms with Crippen LogP contribution in [0.3, 0.4) is 0 Å². The molecule has 1 atom stereocenters. The number of anilines is 1. The summed E-state index contributed by atoms with van der Waals surface area (Å²) in [5.74, 6) is -0.633. The van der Waals surface area contributed by atoms with Gasteiger partial charge in [0.05, 0.1) is 5.56 Å². The SMILES string of the molecule is CCCNC(=O)C(C)Nc1nc(C(F)(F)F)ccc1C#N. The van der Waals surface area contributed by atoms with Gasteiger partial charge in [0.15, 0.2) is 0 Å². The molecule has 0 fully saturated rings. The van der Waals surface area contributed by atoms with Crippen LogP contribution in [-0.4, -0.2) is 23.5 Å². The number of nitrogens with one attached hydrogen (secondary N) is 2. The van der Waals surface area contributed by atoms with Crippen LogP contribution in [0.1, 0.15) is 31.5 Å². The minimum atomic E-state index is -4.61. The van der Waals surface area contributed by atoms with Crippen LogP contribution in [0.5, 0.6) is 0 Å². The molecule has 1 rings (SSSR count). The van der Waals surface area contributed by atoms with Crippen molar-refractivity contribution in [3.8, 4) is 6.07 Å². The summed E-state index contributed by atoms with van der Waals surface area (Å²) in [5, 5.41) is 14.0. The van der Waals surface area contributed by atoms with Crippen molar-refractivity contribution in [2.75, 3.05) is 11.9 Å². The summed E-state index contributed by atoms with van der Waals surface area (Å²) in [4.78, 5) is 15.1. The van der Waals surface area contributed by atoms with E-state index in [-0.39, 0.29) is 17.3 Å². The predicted molar refractivity (Wildman–Crippen MR) is 70.3 cm³/mol. The summed E-state index contributed by atoms with van der Waals surface area (Å²) >= 11 is 0. The lowest BCUT2D eigenvalue weighted by atomic mass is 10.2. The molecule has 0 saturated carbocycles. The third-order valence-electron chi connectivity index (χ3n) is 2.60.